The molecule has 0 saturated heterocycles. The Balaban J connectivity index is 2.15. The molecule has 0 aromatic heterocycles. The van der Waals surface area contributed by atoms with Crippen molar-refractivity contribution >= 4 is 40.8 Å². The molecule has 0 spiro atoms. The topological polar surface area (TPSA) is 57.5 Å². The zero-order chi connectivity index (χ0) is 16.1. The Morgan fingerprint density at radius 2 is 1.64 bits per heavy atom. The number of rotatable bonds is 4. The molecule has 0 heterocycles. The Morgan fingerprint density at radius 3 is 2.32 bits per heavy atom. The van der Waals surface area contributed by atoms with E-state index in [2.05, 4.69) is 0 Å². The molecule has 0 unspecified atom stereocenters. The maximum atomic E-state index is 11.8. The lowest BCUT2D eigenvalue weighted by molar-refractivity contribution is -0.110. The van der Waals surface area contributed by atoms with Gasteiger partial charge in [-0.3, -0.25) is 4.79 Å². The fourth-order valence-electron chi connectivity index (χ4n) is 1.73. The van der Waals surface area contributed by atoms with Gasteiger partial charge in [-0.1, -0.05) is 41.4 Å². The molecule has 0 aliphatic carbocycles. The number of aromatic hydroxyl groups is 1. The number of phenols is 1. The number of aliphatic hydroxyl groups is 1. The summed E-state index contributed by atoms with van der Waals surface area (Å²) in [6.45, 7) is 0. The quantitative estimate of drug-likeness (QED) is 0.618. The number of allylic oxidation sites excluding steroid dienone is 2. The third-order valence-electron chi connectivity index (χ3n) is 2.82. The third kappa shape index (κ3) is 4.38. The van der Waals surface area contributed by atoms with Gasteiger partial charge in [0.05, 0.1) is 5.56 Å². The average molecular weight is 335 g/mol. The molecule has 5 heteroatoms. The predicted octanol–water partition coefficient (Wildman–Crippen LogP) is 4.88. The summed E-state index contributed by atoms with van der Waals surface area (Å²) < 4.78 is 0. The standard InChI is InChI=1S/C17H12Cl2O3/c18-12-4-1-11(2-5-12)3-7-14(20)10-17(22)15-9-13(19)6-8-16(15)21/h1-10,21-22H/b7-3+,17-10-. The summed E-state index contributed by atoms with van der Waals surface area (Å²) in [5, 5.41) is 20.5. The number of halogens is 2. The van der Waals surface area contributed by atoms with E-state index in [1.165, 1.54) is 24.3 Å². The number of carbonyl (C=O) groups excluding carboxylic acids is 1. The molecular formula is C17H12Cl2O3. The Hall–Kier alpha value is -2.23. The van der Waals surface area contributed by atoms with Crippen LogP contribution >= 0.6 is 23.2 Å². The van der Waals surface area contributed by atoms with E-state index >= 15 is 0 Å². The lowest BCUT2D eigenvalue weighted by Gasteiger charge is -2.03. The molecular weight excluding hydrogens is 323 g/mol. The van der Waals surface area contributed by atoms with Crippen molar-refractivity contribution in [3.05, 3.63) is 75.8 Å². The predicted molar refractivity (Wildman–Crippen MR) is 89.2 cm³/mol. The Morgan fingerprint density at radius 1 is 1.00 bits per heavy atom. The molecule has 0 amide bonds. The van der Waals surface area contributed by atoms with Crippen LogP contribution < -0.4 is 0 Å². The summed E-state index contributed by atoms with van der Waals surface area (Å²) in [6.07, 6.45) is 3.92. The first kappa shape index (κ1) is 16.1. The van der Waals surface area contributed by atoms with Crippen LogP contribution in [0.2, 0.25) is 10.0 Å². The van der Waals surface area contributed by atoms with Crippen molar-refractivity contribution in [2.75, 3.05) is 0 Å². The normalized spacial score (nSPS) is 11.8. The van der Waals surface area contributed by atoms with E-state index in [4.69, 9.17) is 23.2 Å². The maximum absolute atomic E-state index is 11.8. The first-order valence-corrected chi connectivity index (χ1v) is 7.08. The zero-order valence-corrected chi connectivity index (χ0v) is 12.8. The molecule has 0 atom stereocenters. The SMILES string of the molecule is O=C(/C=C(\O)c1cc(Cl)ccc1O)/C=C/c1ccc(Cl)cc1. The molecule has 2 N–H and O–H groups in total. The lowest BCUT2D eigenvalue weighted by atomic mass is 10.1. The number of hydrogen-bond acceptors (Lipinski definition) is 3. The van der Waals surface area contributed by atoms with Crippen molar-refractivity contribution in [1.82, 2.24) is 0 Å². The first-order chi connectivity index (χ1) is 10.5. The van der Waals surface area contributed by atoms with Gasteiger partial charge in [-0.15, -0.1) is 0 Å². The number of aliphatic hydroxyl groups excluding tert-OH is 1. The van der Waals surface area contributed by atoms with Gasteiger partial charge in [-0.25, -0.2) is 0 Å². The Labute approximate surface area is 137 Å². The van der Waals surface area contributed by atoms with E-state index in [1.54, 1.807) is 30.3 Å². The van der Waals surface area contributed by atoms with Gasteiger partial charge in [0.1, 0.15) is 11.5 Å². The summed E-state index contributed by atoms with van der Waals surface area (Å²) in [6, 6.07) is 11.1. The van der Waals surface area contributed by atoms with Gasteiger partial charge in [0, 0.05) is 16.1 Å². The maximum Gasteiger partial charge on any atom is 0.182 e. The van der Waals surface area contributed by atoms with Gasteiger partial charge in [0.15, 0.2) is 5.78 Å². The van der Waals surface area contributed by atoms with Crippen LogP contribution in [0, 0.1) is 0 Å². The summed E-state index contributed by atoms with van der Waals surface area (Å²) in [4.78, 5) is 11.8. The van der Waals surface area contributed by atoms with E-state index in [1.807, 2.05) is 0 Å². The fourth-order valence-corrected chi connectivity index (χ4v) is 2.02. The molecule has 0 aliphatic rings. The summed E-state index contributed by atoms with van der Waals surface area (Å²) in [7, 11) is 0. The molecule has 3 nitrogen and oxygen atoms in total. The largest absolute Gasteiger partial charge is 0.507 e. The second-order valence-electron chi connectivity index (χ2n) is 4.48. The summed E-state index contributed by atoms with van der Waals surface area (Å²) in [5.74, 6) is -0.940. The number of carbonyl (C=O) groups is 1. The van der Waals surface area contributed by atoms with Crippen molar-refractivity contribution < 1.29 is 15.0 Å². The van der Waals surface area contributed by atoms with Gasteiger partial charge < -0.3 is 10.2 Å². The van der Waals surface area contributed by atoms with E-state index in [0.717, 1.165) is 11.6 Å². The number of hydrogen-bond donors (Lipinski definition) is 2. The average Bonchev–Trinajstić information content (AvgIpc) is 2.49. The van der Waals surface area contributed by atoms with E-state index in [9.17, 15) is 15.0 Å². The van der Waals surface area contributed by atoms with Crippen molar-refractivity contribution in [2.24, 2.45) is 0 Å². The van der Waals surface area contributed by atoms with Gasteiger partial charge >= 0.3 is 0 Å². The molecule has 22 heavy (non-hydrogen) atoms. The molecule has 0 saturated carbocycles. The molecule has 0 aliphatic heterocycles. The van der Waals surface area contributed by atoms with Crippen molar-refractivity contribution in [1.29, 1.82) is 0 Å². The summed E-state index contributed by atoms with van der Waals surface area (Å²) in [5.41, 5.74) is 0.900. The van der Waals surface area contributed by atoms with Crippen LogP contribution in [0.15, 0.2) is 54.6 Å². The Bertz CT molecular complexity index is 747. The Kier molecular flexibility index (Phi) is 5.26. The number of ketones is 1. The molecule has 112 valence electrons. The van der Waals surface area contributed by atoms with Gasteiger partial charge in [-0.05, 0) is 42.0 Å². The highest BCUT2D eigenvalue weighted by Crippen LogP contribution is 2.26. The molecule has 0 bridgehead atoms. The van der Waals surface area contributed by atoms with Crippen molar-refractivity contribution in [2.45, 2.75) is 0 Å². The van der Waals surface area contributed by atoms with Crippen LogP contribution in [-0.2, 0) is 4.79 Å². The minimum absolute atomic E-state index is 0.0979. The second-order valence-corrected chi connectivity index (χ2v) is 5.35. The monoisotopic (exact) mass is 334 g/mol. The highest BCUT2D eigenvalue weighted by molar-refractivity contribution is 6.31. The van der Waals surface area contributed by atoms with Crippen molar-refractivity contribution in [3.8, 4) is 5.75 Å². The van der Waals surface area contributed by atoms with Crippen molar-refractivity contribution in [3.63, 3.8) is 0 Å². The van der Waals surface area contributed by atoms with E-state index in [0.29, 0.717) is 10.0 Å². The van der Waals surface area contributed by atoms with Crippen LogP contribution in [-0.4, -0.2) is 16.0 Å². The fraction of sp³-hybridized carbons (Fsp3) is 0. The molecule has 2 aromatic rings. The minimum Gasteiger partial charge on any atom is -0.507 e. The minimum atomic E-state index is -0.424. The molecule has 0 radical (unpaired) electrons. The highest BCUT2D eigenvalue weighted by Gasteiger charge is 2.08. The first-order valence-electron chi connectivity index (χ1n) is 6.33. The van der Waals surface area contributed by atoms with Crippen LogP contribution in [0.3, 0.4) is 0 Å². The van der Waals surface area contributed by atoms with Gasteiger partial charge in [0.25, 0.3) is 0 Å². The van der Waals surface area contributed by atoms with Crippen LogP contribution in [0.25, 0.3) is 11.8 Å². The van der Waals surface area contributed by atoms with Gasteiger partial charge in [0.2, 0.25) is 0 Å². The second kappa shape index (κ2) is 7.16. The highest BCUT2D eigenvalue weighted by atomic mass is 35.5. The zero-order valence-electron chi connectivity index (χ0n) is 11.3. The molecule has 0 fully saturated rings. The smallest absolute Gasteiger partial charge is 0.182 e. The molecule has 2 aromatic carbocycles. The van der Waals surface area contributed by atoms with Crippen LogP contribution in [0.4, 0.5) is 0 Å². The van der Waals surface area contributed by atoms with E-state index in [-0.39, 0.29) is 17.1 Å². The van der Waals surface area contributed by atoms with E-state index < -0.39 is 5.78 Å². The van der Waals surface area contributed by atoms with Gasteiger partial charge in [-0.2, -0.15) is 0 Å². The van der Waals surface area contributed by atoms with Crippen LogP contribution in [0.5, 0.6) is 5.75 Å². The summed E-state index contributed by atoms with van der Waals surface area (Å²) >= 11 is 11.6. The molecule has 2 rings (SSSR count). The number of phenolic OH excluding ortho intramolecular Hbond substituents is 1. The lowest BCUT2D eigenvalue weighted by Crippen LogP contribution is -1.91. The third-order valence-corrected chi connectivity index (χ3v) is 3.31. The number of benzene rings is 2. The van der Waals surface area contributed by atoms with Crippen LogP contribution in [0.1, 0.15) is 11.1 Å².